The lowest BCUT2D eigenvalue weighted by molar-refractivity contribution is 0.0925. The summed E-state index contributed by atoms with van der Waals surface area (Å²) in [6, 6.07) is 10.7. The molecule has 4 nitrogen and oxygen atoms in total. The molecular formula is C21H26ClN3O. The van der Waals surface area contributed by atoms with Crippen molar-refractivity contribution in [2.75, 3.05) is 37.6 Å². The van der Waals surface area contributed by atoms with Gasteiger partial charge >= 0.3 is 0 Å². The lowest BCUT2D eigenvalue weighted by Gasteiger charge is -2.35. The lowest BCUT2D eigenvalue weighted by Crippen LogP contribution is -2.48. The molecule has 0 bridgehead atoms. The summed E-state index contributed by atoms with van der Waals surface area (Å²) in [7, 11) is 0. The van der Waals surface area contributed by atoms with Crippen molar-refractivity contribution in [2.45, 2.75) is 32.7 Å². The van der Waals surface area contributed by atoms with Crippen molar-refractivity contribution in [1.29, 1.82) is 0 Å². The molecule has 5 heteroatoms. The minimum atomic E-state index is 0.251. The van der Waals surface area contributed by atoms with Crippen molar-refractivity contribution in [2.24, 2.45) is 0 Å². The third-order valence-corrected chi connectivity index (χ3v) is 5.84. The average Bonchev–Trinajstić information content (AvgIpc) is 3.40. The third kappa shape index (κ3) is 3.53. The molecule has 0 atom stereocenters. The number of aryl methyl sites for hydroxylation is 1. The SMILES string of the molecule is Cc1cc(C(=O)CN2CCN(c3cccc(Cl)c3)CC2)c(C)n1C1CC1. The Balaban J connectivity index is 1.37. The minimum Gasteiger partial charge on any atom is -0.369 e. The van der Waals surface area contributed by atoms with Gasteiger partial charge in [-0.1, -0.05) is 17.7 Å². The van der Waals surface area contributed by atoms with Crippen molar-refractivity contribution in [3.8, 4) is 0 Å². The standard InChI is InChI=1S/C21H26ClN3O/c1-15-12-20(16(2)25(15)18-6-7-18)21(26)14-23-8-10-24(11-9-23)19-5-3-4-17(22)13-19/h3-5,12-13,18H,6-11,14H2,1-2H3. The first kappa shape index (κ1) is 17.6. The Morgan fingerprint density at radius 1 is 1.12 bits per heavy atom. The quantitative estimate of drug-likeness (QED) is 0.741. The first-order chi connectivity index (χ1) is 12.5. The Bertz CT molecular complexity index is 817. The average molecular weight is 372 g/mol. The van der Waals surface area contributed by atoms with Crippen LogP contribution in [0.5, 0.6) is 0 Å². The summed E-state index contributed by atoms with van der Waals surface area (Å²) in [5, 5.41) is 0.770. The van der Waals surface area contributed by atoms with Crippen molar-refractivity contribution < 1.29 is 4.79 Å². The second-order valence-electron chi connectivity index (χ2n) is 7.55. The van der Waals surface area contributed by atoms with Crippen LogP contribution in [-0.4, -0.2) is 48.0 Å². The fourth-order valence-electron chi connectivity index (χ4n) is 4.08. The van der Waals surface area contributed by atoms with Gasteiger partial charge in [-0.05, 0) is 51.0 Å². The molecule has 1 aliphatic heterocycles. The number of Topliss-reactive ketones (excluding diaryl/α,β-unsaturated/α-hetero) is 1. The van der Waals surface area contributed by atoms with Gasteiger partial charge in [-0.2, -0.15) is 0 Å². The molecule has 0 radical (unpaired) electrons. The molecule has 0 amide bonds. The van der Waals surface area contributed by atoms with Crippen LogP contribution in [0.4, 0.5) is 5.69 Å². The fraction of sp³-hybridized carbons (Fsp3) is 0.476. The molecule has 1 saturated carbocycles. The van der Waals surface area contributed by atoms with Crippen molar-refractivity contribution in [3.63, 3.8) is 0 Å². The number of carbonyl (C=O) groups is 1. The third-order valence-electron chi connectivity index (χ3n) is 5.61. The number of halogens is 1. The Morgan fingerprint density at radius 2 is 1.85 bits per heavy atom. The Labute approximate surface area is 160 Å². The topological polar surface area (TPSA) is 28.5 Å². The summed E-state index contributed by atoms with van der Waals surface area (Å²) in [6.07, 6.45) is 2.49. The van der Waals surface area contributed by atoms with E-state index in [9.17, 15) is 4.79 Å². The number of nitrogens with zero attached hydrogens (tertiary/aromatic N) is 3. The Morgan fingerprint density at radius 3 is 2.50 bits per heavy atom. The van der Waals surface area contributed by atoms with Gasteiger partial charge in [0.2, 0.25) is 0 Å². The highest BCUT2D eigenvalue weighted by Crippen LogP contribution is 2.38. The molecule has 0 unspecified atom stereocenters. The lowest BCUT2D eigenvalue weighted by atomic mass is 10.1. The highest BCUT2D eigenvalue weighted by Gasteiger charge is 2.29. The summed E-state index contributed by atoms with van der Waals surface area (Å²) < 4.78 is 2.35. The van der Waals surface area contributed by atoms with E-state index >= 15 is 0 Å². The van der Waals surface area contributed by atoms with Gasteiger partial charge in [0.05, 0.1) is 6.54 Å². The van der Waals surface area contributed by atoms with E-state index in [0.29, 0.717) is 12.6 Å². The van der Waals surface area contributed by atoms with Crippen LogP contribution in [0, 0.1) is 13.8 Å². The zero-order chi connectivity index (χ0) is 18.3. The molecule has 2 aliphatic rings. The maximum atomic E-state index is 12.9. The molecule has 1 aromatic carbocycles. The number of aromatic nitrogens is 1. The molecule has 0 spiro atoms. The molecule has 2 aromatic rings. The van der Waals surface area contributed by atoms with Crippen LogP contribution >= 0.6 is 11.6 Å². The van der Waals surface area contributed by atoms with Crippen LogP contribution in [0.15, 0.2) is 30.3 Å². The molecule has 1 saturated heterocycles. The summed E-state index contributed by atoms with van der Waals surface area (Å²) in [4.78, 5) is 17.5. The molecule has 1 aromatic heterocycles. The van der Waals surface area contributed by atoms with E-state index in [4.69, 9.17) is 11.6 Å². The molecule has 26 heavy (non-hydrogen) atoms. The number of hydrogen-bond acceptors (Lipinski definition) is 3. The molecule has 138 valence electrons. The first-order valence-corrected chi connectivity index (χ1v) is 9.85. The number of carbonyl (C=O) groups excluding carboxylic acids is 1. The van der Waals surface area contributed by atoms with Crippen LogP contribution in [0.25, 0.3) is 0 Å². The predicted molar refractivity (Wildman–Crippen MR) is 107 cm³/mol. The second-order valence-corrected chi connectivity index (χ2v) is 7.99. The largest absolute Gasteiger partial charge is 0.369 e. The monoisotopic (exact) mass is 371 g/mol. The molecule has 2 fully saturated rings. The van der Waals surface area contributed by atoms with Crippen LogP contribution in [0.2, 0.25) is 5.02 Å². The maximum absolute atomic E-state index is 12.9. The van der Waals surface area contributed by atoms with Crippen molar-refractivity contribution in [1.82, 2.24) is 9.47 Å². The Kier molecular flexibility index (Phi) is 4.80. The van der Waals surface area contributed by atoms with Gasteiger partial charge in [0, 0.05) is 59.9 Å². The highest BCUT2D eigenvalue weighted by molar-refractivity contribution is 6.30. The number of hydrogen-bond donors (Lipinski definition) is 0. The van der Waals surface area contributed by atoms with Gasteiger partial charge in [-0.15, -0.1) is 0 Å². The van der Waals surface area contributed by atoms with E-state index < -0.39 is 0 Å². The second kappa shape index (κ2) is 7.09. The number of piperazine rings is 1. The molecule has 4 rings (SSSR count). The van der Waals surface area contributed by atoms with Gasteiger partial charge in [-0.25, -0.2) is 0 Å². The van der Waals surface area contributed by atoms with Gasteiger partial charge in [0.15, 0.2) is 5.78 Å². The van der Waals surface area contributed by atoms with E-state index in [1.54, 1.807) is 0 Å². The zero-order valence-corrected chi connectivity index (χ0v) is 16.3. The Hall–Kier alpha value is -1.78. The van der Waals surface area contributed by atoms with Crippen LogP contribution in [0.1, 0.15) is 40.6 Å². The fourth-order valence-corrected chi connectivity index (χ4v) is 4.26. The summed E-state index contributed by atoms with van der Waals surface area (Å²) in [5.41, 5.74) is 4.44. The molecular weight excluding hydrogens is 346 g/mol. The van der Waals surface area contributed by atoms with Gasteiger partial charge in [-0.3, -0.25) is 9.69 Å². The number of anilines is 1. The van der Waals surface area contributed by atoms with Crippen LogP contribution in [0.3, 0.4) is 0 Å². The van der Waals surface area contributed by atoms with E-state index in [1.807, 2.05) is 18.2 Å². The van der Waals surface area contributed by atoms with Crippen molar-refractivity contribution in [3.05, 3.63) is 52.3 Å². The van der Waals surface area contributed by atoms with Crippen molar-refractivity contribution >= 4 is 23.1 Å². The van der Waals surface area contributed by atoms with E-state index in [2.05, 4.69) is 40.3 Å². The van der Waals surface area contributed by atoms with E-state index in [-0.39, 0.29) is 5.78 Å². The minimum absolute atomic E-state index is 0.251. The number of benzene rings is 1. The first-order valence-electron chi connectivity index (χ1n) is 9.47. The maximum Gasteiger partial charge on any atom is 0.178 e. The van der Waals surface area contributed by atoms with E-state index in [1.165, 1.54) is 18.5 Å². The summed E-state index contributed by atoms with van der Waals surface area (Å²) in [6.45, 7) is 8.38. The highest BCUT2D eigenvalue weighted by atomic mass is 35.5. The van der Waals surface area contributed by atoms with Gasteiger partial charge in [0.1, 0.15) is 0 Å². The molecule has 0 N–H and O–H groups in total. The van der Waals surface area contributed by atoms with Gasteiger partial charge in [0.25, 0.3) is 0 Å². The predicted octanol–water partition coefficient (Wildman–Crippen LogP) is 4.10. The number of ketones is 1. The number of rotatable bonds is 5. The summed E-state index contributed by atoms with van der Waals surface area (Å²) in [5.74, 6) is 0.251. The van der Waals surface area contributed by atoms with Crippen LogP contribution < -0.4 is 4.90 Å². The van der Waals surface area contributed by atoms with E-state index in [0.717, 1.165) is 48.1 Å². The smallest absolute Gasteiger partial charge is 0.178 e. The molecule has 2 heterocycles. The van der Waals surface area contributed by atoms with Crippen LogP contribution in [-0.2, 0) is 0 Å². The van der Waals surface area contributed by atoms with Gasteiger partial charge < -0.3 is 9.47 Å². The molecule has 1 aliphatic carbocycles. The summed E-state index contributed by atoms with van der Waals surface area (Å²) >= 11 is 6.10. The normalized spacial score (nSPS) is 18.3. The zero-order valence-electron chi connectivity index (χ0n) is 15.5.